The molecule has 0 fully saturated rings. The van der Waals surface area contributed by atoms with Gasteiger partial charge in [0, 0.05) is 62.6 Å². The number of hydrogen-bond acceptors (Lipinski definition) is 8. The molecule has 0 bridgehead atoms. The van der Waals surface area contributed by atoms with E-state index < -0.39 is 21.7 Å². The maximum absolute atomic E-state index is 14.3. The first-order valence-electron chi connectivity index (χ1n) is 14.7. The van der Waals surface area contributed by atoms with Crippen LogP contribution >= 0.6 is 0 Å². The normalized spacial score (nSPS) is 12.7. The van der Waals surface area contributed by atoms with Crippen molar-refractivity contribution in [3.8, 4) is 28.8 Å². The summed E-state index contributed by atoms with van der Waals surface area (Å²) < 4.78 is 16.5. The number of anilines is 2. The van der Waals surface area contributed by atoms with Gasteiger partial charge in [-0.2, -0.15) is 0 Å². The topological polar surface area (TPSA) is 158 Å². The van der Waals surface area contributed by atoms with E-state index in [0.29, 0.717) is 44.7 Å². The molecule has 48 heavy (non-hydrogen) atoms. The standard InChI is InChI=1S/C36H30N8O3S/c1-23(41-35(45)33-34(37)40-22-30(42-33)27-18-28(21-39-20-27)43-48(2,3)47)31-19-26-9-7-8-25(13-12-24-14-16-38-17-15-24)32(26)36(46)44(31)29-10-5-4-6-11-29/h4-11,14-23H,2H2,1,3H3,(H2,37,40)(H,41,45)(H,43,47). The Bertz CT molecular complexity index is 2400. The van der Waals surface area contributed by atoms with Crippen molar-refractivity contribution in [2.45, 2.75) is 13.0 Å². The van der Waals surface area contributed by atoms with E-state index in [1.807, 2.05) is 54.6 Å². The Hall–Kier alpha value is -6.32. The number of nitrogen functional groups attached to an aromatic ring is 1. The molecule has 0 aliphatic rings. The lowest BCUT2D eigenvalue weighted by Crippen LogP contribution is -2.33. The molecular formula is C36H30N8O3S. The van der Waals surface area contributed by atoms with Crippen LogP contribution in [0.15, 0.2) is 109 Å². The minimum Gasteiger partial charge on any atom is -0.382 e. The summed E-state index contributed by atoms with van der Waals surface area (Å²) in [6, 6.07) is 21.2. The van der Waals surface area contributed by atoms with Gasteiger partial charge in [-0.1, -0.05) is 42.2 Å². The first-order chi connectivity index (χ1) is 23.1. The fraction of sp³-hybridized carbons (Fsp3) is 0.0833. The second-order valence-corrected chi connectivity index (χ2v) is 13.3. The smallest absolute Gasteiger partial charge is 0.274 e. The zero-order valence-corrected chi connectivity index (χ0v) is 26.9. The summed E-state index contributed by atoms with van der Waals surface area (Å²) in [7, 11) is -2.55. The van der Waals surface area contributed by atoms with Crippen LogP contribution in [-0.2, 0) is 9.71 Å². The van der Waals surface area contributed by atoms with E-state index in [1.54, 1.807) is 48.3 Å². The van der Waals surface area contributed by atoms with Gasteiger partial charge in [-0.3, -0.25) is 24.1 Å². The molecule has 0 spiro atoms. The Labute approximate surface area is 277 Å². The van der Waals surface area contributed by atoms with Gasteiger partial charge in [0.05, 0.1) is 35.2 Å². The van der Waals surface area contributed by atoms with Crippen LogP contribution in [0.25, 0.3) is 27.7 Å². The van der Waals surface area contributed by atoms with E-state index in [0.717, 1.165) is 5.56 Å². The van der Waals surface area contributed by atoms with E-state index in [1.165, 1.54) is 18.6 Å². The molecule has 0 radical (unpaired) electrons. The van der Waals surface area contributed by atoms with Gasteiger partial charge in [-0.05, 0) is 60.6 Å². The third-order valence-corrected chi connectivity index (χ3v) is 7.95. The Kier molecular flexibility index (Phi) is 8.70. The number of pyridine rings is 3. The van der Waals surface area contributed by atoms with Gasteiger partial charge in [0.1, 0.15) is 0 Å². The van der Waals surface area contributed by atoms with E-state index in [2.05, 4.69) is 47.7 Å². The number of nitrogens with two attached hydrogens (primary N) is 1. The van der Waals surface area contributed by atoms with Gasteiger partial charge >= 0.3 is 0 Å². The predicted molar refractivity (Wildman–Crippen MR) is 190 cm³/mol. The number of amides is 1. The maximum Gasteiger partial charge on any atom is 0.274 e. The number of nitrogens with one attached hydrogen (secondary N) is 2. The molecular weight excluding hydrogens is 625 g/mol. The lowest BCUT2D eigenvalue weighted by Gasteiger charge is -2.21. The quantitative estimate of drug-likeness (QED) is 0.169. The van der Waals surface area contributed by atoms with Crippen LogP contribution in [-0.4, -0.2) is 46.7 Å². The number of aromatic nitrogens is 5. The van der Waals surface area contributed by atoms with Gasteiger partial charge in [-0.15, -0.1) is 0 Å². The Balaban J connectivity index is 1.39. The molecule has 6 aromatic rings. The van der Waals surface area contributed by atoms with Crippen LogP contribution in [0, 0.1) is 11.8 Å². The van der Waals surface area contributed by atoms with Crippen LogP contribution < -0.4 is 21.3 Å². The summed E-state index contributed by atoms with van der Waals surface area (Å²) in [6.45, 7) is 1.78. The lowest BCUT2D eigenvalue weighted by molar-refractivity contribution is 0.0934. The fourth-order valence-corrected chi connectivity index (χ4v) is 5.76. The van der Waals surface area contributed by atoms with E-state index in [4.69, 9.17) is 5.73 Å². The van der Waals surface area contributed by atoms with Crippen molar-refractivity contribution in [1.29, 1.82) is 0 Å². The zero-order valence-electron chi connectivity index (χ0n) is 26.0. The monoisotopic (exact) mass is 654 g/mol. The van der Waals surface area contributed by atoms with Gasteiger partial charge in [0.2, 0.25) is 0 Å². The van der Waals surface area contributed by atoms with Crippen molar-refractivity contribution in [1.82, 2.24) is 29.8 Å². The van der Waals surface area contributed by atoms with Crippen LogP contribution in [0.2, 0.25) is 0 Å². The zero-order chi connectivity index (χ0) is 33.8. The predicted octanol–water partition coefficient (Wildman–Crippen LogP) is 4.38. The number of fused-ring (bicyclic) bond motifs is 1. The summed E-state index contributed by atoms with van der Waals surface area (Å²) in [5.74, 6) is 9.20. The lowest BCUT2D eigenvalue weighted by atomic mass is 10.0. The second kappa shape index (κ2) is 13.2. The number of benzene rings is 2. The molecule has 4 aromatic heterocycles. The van der Waals surface area contributed by atoms with Gasteiger partial charge in [0.25, 0.3) is 11.5 Å². The largest absolute Gasteiger partial charge is 0.382 e. The highest BCUT2D eigenvalue weighted by atomic mass is 32.2. The second-order valence-electron chi connectivity index (χ2n) is 11.1. The van der Waals surface area contributed by atoms with Crippen LogP contribution in [0.5, 0.6) is 0 Å². The Morgan fingerprint density at radius 2 is 1.75 bits per heavy atom. The van der Waals surface area contributed by atoms with E-state index in [-0.39, 0.29) is 17.1 Å². The molecule has 2 atom stereocenters. The van der Waals surface area contributed by atoms with Gasteiger partial charge in [0.15, 0.2) is 11.5 Å². The number of para-hydroxylation sites is 1. The minimum atomic E-state index is -2.55. The molecule has 4 N–H and O–H groups in total. The summed E-state index contributed by atoms with van der Waals surface area (Å²) in [5.41, 5.74) is 9.57. The molecule has 0 saturated carbocycles. The highest BCUT2D eigenvalue weighted by Crippen LogP contribution is 2.25. The van der Waals surface area contributed by atoms with Crippen LogP contribution in [0.3, 0.4) is 0 Å². The number of hydrogen-bond donors (Lipinski definition) is 3. The summed E-state index contributed by atoms with van der Waals surface area (Å²) in [5, 5.41) is 4.07. The average molecular weight is 655 g/mol. The highest BCUT2D eigenvalue weighted by Gasteiger charge is 2.22. The van der Waals surface area contributed by atoms with E-state index in [9.17, 15) is 13.8 Å². The highest BCUT2D eigenvalue weighted by molar-refractivity contribution is 8.00. The first-order valence-corrected chi connectivity index (χ1v) is 16.9. The number of rotatable bonds is 7. The number of carbonyl (C=O) groups excluding carboxylic acids is 1. The average Bonchev–Trinajstić information content (AvgIpc) is 3.07. The summed E-state index contributed by atoms with van der Waals surface area (Å²) in [4.78, 5) is 44.9. The molecule has 6 rings (SSSR count). The number of nitrogens with zero attached hydrogens (tertiary/aromatic N) is 5. The number of carbonyl (C=O) groups is 1. The molecule has 0 aliphatic heterocycles. The molecule has 1 amide bonds. The Morgan fingerprint density at radius 1 is 0.979 bits per heavy atom. The van der Waals surface area contributed by atoms with Crippen molar-refractivity contribution in [3.63, 3.8) is 0 Å². The maximum atomic E-state index is 14.3. The molecule has 0 aliphatic carbocycles. The first kappa shape index (κ1) is 31.7. The molecule has 4 heterocycles. The van der Waals surface area contributed by atoms with E-state index >= 15 is 0 Å². The SMILES string of the molecule is C=S(C)(=O)Nc1cncc(-c2cnc(N)c(C(=O)NC(C)c3cc4cccc(C#Cc5ccncc5)c4c(=O)n3-c3ccccc3)n2)c1. The molecule has 12 heteroatoms. The van der Waals surface area contributed by atoms with Crippen molar-refractivity contribution in [2.75, 3.05) is 16.7 Å². The fourth-order valence-electron chi connectivity index (χ4n) is 5.15. The Morgan fingerprint density at radius 3 is 2.50 bits per heavy atom. The summed E-state index contributed by atoms with van der Waals surface area (Å²) in [6.07, 6.45) is 9.26. The van der Waals surface area contributed by atoms with Crippen LogP contribution in [0.4, 0.5) is 11.5 Å². The van der Waals surface area contributed by atoms with Crippen molar-refractivity contribution >= 4 is 43.8 Å². The molecule has 11 nitrogen and oxygen atoms in total. The molecule has 2 aromatic carbocycles. The van der Waals surface area contributed by atoms with Crippen molar-refractivity contribution in [2.24, 2.45) is 0 Å². The third kappa shape index (κ3) is 6.91. The molecule has 0 saturated heterocycles. The van der Waals surface area contributed by atoms with Crippen molar-refractivity contribution in [3.05, 3.63) is 137 Å². The van der Waals surface area contributed by atoms with Gasteiger partial charge < -0.3 is 15.8 Å². The third-order valence-electron chi connectivity index (χ3n) is 7.29. The molecule has 238 valence electrons. The van der Waals surface area contributed by atoms with Crippen molar-refractivity contribution < 1.29 is 9.00 Å². The minimum absolute atomic E-state index is 0.0728. The van der Waals surface area contributed by atoms with Crippen LogP contribution in [0.1, 0.15) is 40.3 Å². The summed E-state index contributed by atoms with van der Waals surface area (Å²) >= 11 is 0. The van der Waals surface area contributed by atoms with Gasteiger partial charge in [-0.25, -0.2) is 14.2 Å². The molecule has 2 unspecified atom stereocenters.